The van der Waals surface area contributed by atoms with Crippen LogP contribution in [0.2, 0.25) is 0 Å². The first-order chi connectivity index (χ1) is 8.77. The minimum atomic E-state index is -0.233. The molecule has 0 spiro atoms. The predicted molar refractivity (Wildman–Crippen MR) is 78.1 cm³/mol. The molecule has 2 rings (SSSR count). The van der Waals surface area contributed by atoms with E-state index in [1.807, 2.05) is 6.92 Å². The first kappa shape index (κ1) is 13.3. The molecule has 0 saturated carbocycles. The molecule has 1 aromatic carbocycles. The highest BCUT2D eigenvalue weighted by atomic mass is 16.1. The first-order valence-electron chi connectivity index (χ1n) is 6.26. The molecule has 4 nitrogen and oxygen atoms in total. The molecule has 0 fully saturated rings. The normalized spacial score (nSPS) is 11.6. The number of nitrogens with zero attached hydrogens (tertiary/aromatic N) is 1. The highest BCUT2D eigenvalue weighted by Crippen LogP contribution is 2.28. The van der Waals surface area contributed by atoms with Gasteiger partial charge in [0.25, 0.3) is 5.56 Å². The number of aromatic nitrogens is 2. The fourth-order valence-electron chi connectivity index (χ4n) is 1.98. The van der Waals surface area contributed by atoms with Crippen LogP contribution in [-0.2, 0) is 5.41 Å². The second-order valence-electron chi connectivity index (χ2n) is 5.80. The van der Waals surface area contributed by atoms with Crippen LogP contribution >= 0.6 is 0 Å². The Morgan fingerprint density at radius 3 is 2.47 bits per heavy atom. The molecular weight excluding hydrogens is 238 g/mol. The van der Waals surface area contributed by atoms with Crippen LogP contribution in [0.1, 0.15) is 31.9 Å². The van der Waals surface area contributed by atoms with Gasteiger partial charge in [-0.25, -0.2) is 4.98 Å². The van der Waals surface area contributed by atoms with Crippen molar-refractivity contribution >= 4 is 5.95 Å². The monoisotopic (exact) mass is 257 g/mol. The molecule has 100 valence electrons. The number of hydrogen-bond donors (Lipinski definition) is 2. The van der Waals surface area contributed by atoms with Gasteiger partial charge < -0.3 is 5.73 Å². The molecule has 0 bridgehead atoms. The molecule has 0 saturated heterocycles. The van der Waals surface area contributed by atoms with E-state index in [2.05, 4.69) is 48.9 Å². The molecule has 1 heterocycles. The molecule has 0 atom stereocenters. The SMILES string of the molecule is Cc1ccc(C(C)(C)C)cc1-c1cc(=O)[nH]c(N)n1. The van der Waals surface area contributed by atoms with Gasteiger partial charge in [-0.2, -0.15) is 0 Å². The standard InChI is InChI=1S/C15H19N3O/c1-9-5-6-10(15(2,3)4)7-11(9)12-8-13(19)18-14(16)17-12/h5-8H,1-4H3,(H3,16,17,18,19). The van der Waals surface area contributed by atoms with E-state index in [4.69, 9.17) is 5.73 Å². The Hall–Kier alpha value is -2.10. The Morgan fingerprint density at radius 1 is 1.21 bits per heavy atom. The molecule has 1 aromatic heterocycles. The fraction of sp³-hybridized carbons (Fsp3) is 0.333. The van der Waals surface area contributed by atoms with Crippen molar-refractivity contribution in [2.75, 3.05) is 5.73 Å². The van der Waals surface area contributed by atoms with Crippen molar-refractivity contribution in [3.05, 3.63) is 45.7 Å². The summed E-state index contributed by atoms with van der Waals surface area (Å²) in [7, 11) is 0. The van der Waals surface area contributed by atoms with Crippen LogP contribution in [0.15, 0.2) is 29.1 Å². The molecule has 0 aliphatic heterocycles. The third kappa shape index (κ3) is 2.84. The Bertz CT molecular complexity index is 666. The van der Waals surface area contributed by atoms with Crippen LogP contribution in [0.3, 0.4) is 0 Å². The van der Waals surface area contributed by atoms with Crippen LogP contribution in [0.4, 0.5) is 5.95 Å². The van der Waals surface area contributed by atoms with Crippen LogP contribution in [-0.4, -0.2) is 9.97 Å². The lowest BCUT2D eigenvalue weighted by molar-refractivity contribution is 0.590. The van der Waals surface area contributed by atoms with Gasteiger partial charge in [-0.05, 0) is 29.5 Å². The highest BCUT2D eigenvalue weighted by Gasteiger charge is 2.16. The van der Waals surface area contributed by atoms with E-state index in [1.165, 1.54) is 11.6 Å². The quantitative estimate of drug-likeness (QED) is 0.825. The number of nitrogens with one attached hydrogen (secondary N) is 1. The van der Waals surface area contributed by atoms with Gasteiger partial charge in [-0.15, -0.1) is 0 Å². The van der Waals surface area contributed by atoms with Crippen molar-refractivity contribution in [3.63, 3.8) is 0 Å². The minimum absolute atomic E-state index is 0.0508. The van der Waals surface area contributed by atoms with E-state index >= 15 is 0 Å². The average molecular weight is 257 g/mol. The van der Waals surface area contributed by atoms with Crippen molar-refractivity contribution in [1.82, 2.24) is 9.97 Å². The summed E-state index contributed by atoms with van der Waals surface area (Å²) in [6, 6.07) is 7.71. The van der Waals surface area contributed by atoms with Crippen molar-refractivity contribution in [2.45, 2.75) is 33.1 Å². The molecule has 3 N–H and O–H groups in total. The summed E-state index contributed by atoms with van der Waals surface area (Å²) in [6.07, 6.45) is 0. The van der Waals surface area contributed by atoms with Gasteiger partial charge in [0.15, 0.2) is 0 Å². The van der Waals surface area contributed by atoms with Gasteiger partial charge in [-0.1, -0.05) is 32.9 Å². The maximum atomic E-state index is 11.5. The van der Waals surface area contributed by atoms with E-state index < -0.39 is 0 Å². The third-order valence-corrected chi connectivity index (χ3v) is 3.14. The van der Waals surface area contributed by atoms with Gasteiger partial charge in [0.2, 0.25) is 5.95 Å². The summed E-state index contributed by atoms with van der Waals surface area (Å²) in [4.78, 5) is 18.2. The molecule has 0 amide bonds. The maximum Gasteiger partial charge on any atom is 0.252 e. The lowest BCUT2D eigenvalue weighted by Crippen LogP contribution is -2.13. The number of aromatic amines is 1. The van der Waals surface area contributed by atoms with Crippen molar-refractivity contribution < 1.29 is 0 Å². The number of rotatable bonds is 1. The maximum absolute atomic E-state index is 11.5. The zero-order valence-corrected chi connectivity index (χ0v) is 11.7. The van der Waals surface area contributed by atoms with Crippen LogP contribution in [0, 0.1) is 6.92 Å². The number of nitrogen functional groups attached to an aromatic ring is 1. The van der Waals surface area contributed by atoms with E-state index in [0.717, 1.165) is 11.1 Å². The van der Waals surface area contributed by atoms with E-state index in [-0.39, 0.29) is 16.9 Å². The minimum Gasteiger partial charge on any atom is -0.369 e. The Kier molecular flexibility index (Phi) is 3.18. The Morgan fingerprint density at radius 2 is 1.89 bits per heavy atom. The molecule has 0 aliphatic rings. The summed E-state index contributed by atoms with van der Waals surface area (Å²) in [5.74, 6) is 0.142. The van der Waals surface area contributed by atoms with Gasteiger partial charge >= 0.3 is 0 Å². The topological polar surface area (TPSA) is 71.8 Å². The summed E-state index contributed by atoms with van der Waals surface area (Å²) in [5.41, 5.74) is 9.26. The van der Waals surface area contributed by atoms with Crippen LogP contribution in [0.5, 0.6) is 0 Å². The molecule has 0 unspecified atom stereocenters. The molecule has 4 heteroatoms. The predicted octanol–water partition coefficient (Wildman–Crippen LogP) is 2.63. The fourth-order valence-corrected chi connectivity index (χ4v) is 1.98. The lowest BCUT2D eigenvalue weighted by Gasteiger charge is -2.20. The zero-order chi connectivity index (χ0) is 14.2. The average Bonchev–Trinajstić information content (AvgIpc) is 2.26. The smallest absolute Gasteiger partial charge is 0.252 e. The third-order valence-electron chi connectivity index (χ3n) is 3.14. The number of hydrogen-bond acceptors (Lipinski definition) is 3. The number of benzene rings is 1. The van der Waals surface area contributed by atoms with Crippen LogP contribution < -0.4 is 11.3 Å². The Balaban J connectivity index is 2.64. The van der Waals surface area contributed by atoms with Crippen LogP contribution in [0.25, 0.3) is 11.3 Å². The molecule has 0 aliphatic carbocycles. The lowest BCUT2D eigenvalue weighted by atomic mass is 9.85. The molecule has 19 heavy (non-hydrogen) atoms. The van der Waals surface area contributed by atoms with Crippen molar-refractivity contribution in [2.24, 2.45) is 0 Å². The molecule has 0 radical (unpaired) electrons. The molecular formula is C15H19N3O. The largest absolute Gasteiger partial charge is 0.369 e. The summed E-state index contributed by atoms with van der Waals surface area (Å²) in [6.45, 7) is 8.46. The van der Waals surface area contributed by atoms with E-state index in [9.17, 15) is 4.79 Å². The Labute approximate surface area is 112 Å². The first-order valence-corrected chi connectivity index (χ1v) is 6.26. The summed E-state index contributed by atoms with van der Waals surface area (Å²) < 4.78 is 0. The number of nitrogens with two attached hydrogens (primary N) is 1. The van der Waals surface area contributed by atoms with Gasteiger partial charge in [0.05, 0.1) is 5.69 Å². The second kappa shape index (κ2) is 4.53. The number of H-pyrrole nitrogens is 1. The van der Waals surface area contributed by atoms with Crippen molar-refractivity contribution in [1.29, 1.82) is 0 Å². The van der Waals surface area contributed by atoms with Gasteiger partial charge in [0.1, 0.15) is 0 Å². The van der Waals surface area contributed by atoms with Gasteiger partial charge in [-0.3, -0.25) is 9.78 Å². The van der Waals surface area contributed by atoms with E-state index in [0.29, 0.717) is 5.69 Å². The van der Waals surface area contributed by atoms with Gasteiger partial charge in [0, 0.05) is 11.6 Å². The summed E-state index contributed by atoms with van der Waals surface area (Å²) in [5, 5.41) is 0. The van der Waals surface area contributed by atoms with E-state index in [1.54, 1.807) is 0 Å². The number of anilines is 1. The zero-order valence-electron chi connectivity index (χ0n) is 11.7. The summed E-state index contributed by atoms with van der Waals surface area (Å²) >= 11 is 0. The molecule has 2 aromatic rings. The highest BCUT2D eigenvalue weighted by molar-refractivity contribution is 5.65. The second-order valence-corrected chi connectivity index (χ2v) is 5.80. The van der Waals surface area contributed by atoms with Crippen molar-refractivity contribution in [3.8, 4) is 11.3 Å². The number of aryl methyl sites for hydroxylation is 1.